The first-order valence-corrected chi connectivity index (χ1v) is 11.2. The van der Waals surface area contributed by atoms with Gasteiger partial charge in [-0.2, -0.15) is 4.98 Å². The van der Waals surface area contributed by atoms with Gasteiger partial charge in [-0.1, -0.05) is 42.5 Å². The Hall–Kier alpha value is -4.86. The van der Waals surface area contributed by atoms with Crippen molar-refractivity contribution in [2.24, 2.45) is 0 Å². The van der Waals surface area contributed by atoms with Gasteiger partial charge in [0.05, 0.1) is 38.9 Å². The number of anilines is 4. The molecular formula is C26H25N7O3. The van der Waals surface area contributed by atoms with Crippen LogP contribution in [0.4, 0.5) is 23.5 Å². The molecule has 0 atom stereocenters. The third-order valence-electron chi connectivity index (χ3n) is 5.54. The van der Waals surface area contributed by atoms with Crippen molar-refractivity contribution in [2.75, 3.05) is 31.5 Å². The number of hydrogen-bond donors (Lipinski definition) is 2. The van der Waals surface area contributed by atoms with Gasteiger partial charge in [-0.15, -0.1) is 0 Å². The lowest BCUT2D eigenvalue weighted by atomic mass is 10.2. The van der Waals surface area contributed by atoms with Crippen LogP contribution in [0.25, 0.3) is 11.0 Å². The second-order valence-electron chi connectivity index (χ2n) is 7.80. The van der Waals surface area contributed by atoms with Crippen molar-refractivity contribution in [1.82, 2.24) is 24.9 Å². The van der Waals surface area contributed by atoms with Crippen LogP contribution in [-0.4, -0.2) is 46.2 Å². The van der Waals surface area contributed by atoms with E-state index in [2.05, 4.69) is 25.3 Å². The molecule has 36 heavy (non-hydrogen) atoms. The van der Waals surface area contributed by atoms with Crippen molar-refractivity contribution >= 4 is 34.6 Å². The molecule has 2 aromatic heterocycles. The Balaban J connectivity index is 1.51. The molecule has 0 aliphatic rings. The summed E-state index contributed by atoms with van der Waals surface area (Å²) < 4.78 is 16.3. The largest absolute Gasteiger partial charge is 0.493 e. The molecule has 10 heteroatoms. The Morgan fingerprint density at radius 1 is 0.833 bits per heavy atom. The predicted molar refractivity (Wildman–Crippen MR) is 138 cm³/mol. The van der Waals surface area contributed by atoms with Crippen LogP contribution in [0, 0.1) is 0 Å². The van der Waals surface area contributed by atoms with Gasteiger partial charge in [-0.3, -0.25) is 4.90 Å². The SMILES string of the molecule is COc1cc(Nc2ncnc(N(Cc3ccccc3)c3nc4ccccc4[nH]3)n2)cc(OC)c1OC. The highest BCUT2D eigenvalue weighted by molar-refractivity contribution is 5.78. The number of rotatable bonds is 9. The van der Waals surface area contributed by atoms with E-state index in [1.54, 1.807) is 33.5 Å². The number of H-pyrrole nitrogens is 1. The monoisotopic (exact) mass is 483 g/mol. The van der Waals surface area contributed by atoms with Crippen molar-refractivity contribution in [3.05, 3.63) is 78.6 Å². The van der Waals surface area contributed by atoms with Gasteiger partial charge in [-0.05, 0) is 17.7 Å². The molecule has 5 aromatic rings. The van der Waals surface area contributed by atoms with E-state index in [4.69, 9.17) is 19.2 Å². The Labute approximate surface area is 207 Å². The summed E-state index contributed by atoms with van der Waals surface area (Å²) in [6.07, 6.45) is 1.46. The lowest BCUT2D eigenvalue weighted by molar-refractivity contribution is 0.324. The highest BCUT2D eigenvalue weighted by Crippen LogP contribution is 2.40. The highest BCUT2D eigenvalue weighted by atomic mass is 16.5. The van der Waals surface area contributed by atoms with Crippen molar-refractivity contribution in [3.63, 3.8) is 0 Å². The summed E-state index contributed by atoms with van der Waals surface area (Å²) in [5.41, 5.74) is 3.53. The maximum atomic E-state index is 5.45. The molecule has 182 valence electrons. The average molecular weight is 484 g/mol. The smallest absolute Gasteiger partial charge is 0.237 e. The molecule has 2 N–H and O–H groups in total. The van der Waals surface area contributed by atoms with Gasteiger partial charge in [-0.25, -0.2) is 15.0 Å². The zero-order valence-electron chi connectivity index (χ0n) is 20.1. The van der Waals surface area contributed by atoms with Crippen LogP contribution in [0.1, 0.15) is 5.56 Å². The number of methoxy groups -OCH3 is 3. The van der Waals surface area contributed by atoms with E-state index in [1.165, 1.54) is 6.33 Å². The maximum absolute atomic E-state index is 5.45. The average Bonchev–Trinajstić information content (AvgIpc) is 3.36. The molecule has 0 amide bonds. The fourth-order valence-corrected chi connectivity index (χ4v) is 3.83. The Kier molecular flexibility index (Phi) is 6.48. The molecule has 10 nitrogen and oxygen atoms in total. The van der Waals surface area contributed by atoms with Crippen molar-refractivity contribution < 1.29 is 14.2 Å². The molecule has 0 aliphatic heterocycles. The molecule has 0 fully saturated rings. The first-order chi connectivity index (χ1) is 17.7. The summed E-state index contributed by atoms with van der Waals surface area (Å²) in [7, 11) is 4.69. The summed E-state index contributed by atoms with van der Waals surface area (Å²) in [6, 6.07) is 21.5. The molecule has 0 saturated carbocycles. The number of aromatic amines is 1. The molecule has 0 aliphatic carbocycles. The van der Waals surface area contributed by atoms with Crippen LogP contribution in [-0.2, 0) is 6.54 Å². The van der Waals surface area contributed by atoms with E-state index in [0.29, 0.717) is 47.3 Å². The van der Waals surface area contributed by atoms with Gasteiger partial charge in [0.1, 0.15) is 6.33 Å². The number of hydrogen-bond acceptors (Lipinski definition) is 9. The Morgan fingerprint density at radius 2 is 1.56 bits per heavy atom. The molecule has 3 aromatic carbocycles. The van der Waals surface area contributed by atoms with Gasteiger partial charge in [0.2, 0.25) is 23.6 Å². The van der Waals surface area contributed by atoms with E-state index >= 15 is 0 Å². The summed E-state index contributed by atoms with van der Waals surface area (Å²) in [4.78, 5) is 23.5. The van der Waals surface area contributed by atoms with Crippen molar-refractivity contribution in [2.45, 2.75) is 6.54 Å². The zero-order valence-corrected chi connectivity index (χ0v) is 20.1. The third-order valence-corrected chi connectivity index (χ3v) is 5.54. The second kappa shape index (κ2) is 10.2. The van der Waals surface area contributed by atoms with Crippen LogP contribution in [0.5, 0.6) is 17.2 Å². The number of nitrogens with one attached hydrogen (secondary N) is 2. The summed E-state index contributed by atoms with van der Waals surface area (Å²) in [6.45, 7) is 0.508. The zero-order chi connectivity index (χ0) is 24.9. The van der Waals surface area contributed by atoms with Crippen LogP contribution < -0.4 is 24.4 Å². The van der Waals surface area contributed by atoms with Gasteiger partial charge >= 0.3 is 0 Å². The lowest BCUT2D eigenvalue weighted by Gasteiger charge is -2.20. The van der Waals surface area contributed by atoms with Crippen LogP contribution in [0.15, 0.2) is 73.1 Å². The Bertz CT molecular complexity index is 1420. The molecular weight excluding hydrogens is 458 g/mol. The number of aromatic nitrogens is 5. The fraction of sp³-hybridized carbons (Fsp3) is 0.154. The topological polar surface area (TPSA) is 110 Å². The lowest BCUT2D eigenvalue weighted by Crippen LogP contribution is -2.21. The summed E-state index contributed by atoms with van der Waals surface area (Å²) >= 11 is 0. The molecule has 0 spiro atoms. The van der Waals surface area contributed by atoms with Gasteiger partial charge in [0.15, 0.2) is 11.5 Å². The number of para-hydroxylation sites is 2. The first kappa shape index (κ1) is 22.9. The van der Waals surface area contributed by atoms with Crippen molar-refractivity contribution in [1.29, 1.82) is 0 Å². The summed E-state index contributed by atoms with van der Waals surface area (Å²) in [5, 5.41) is 3.21. The molecule has 0 saturated heterocycles. The van der Waals surface area contributed by atoms with E-state index in [9.17, 15) is 0 Å². The molecule has 2 heterocycles. The fourth-order valence-electron chi connectivity index (χ4n) is 3.83. The molecule has 0 bridgehead atoms. The van der Waals surface area contributed by atoms with Crippen LogP contribution >= 0.6 is 0 Å². The Morgan fingerprint density at radius 3 is 2.25 bits per heavy atom. The van der Waals surface area contributed by atoms with E-state index in [1.807, 2.05) is 59.5 Å². The molecule has 0 unspecified atom stereocenters. The highest BCUT2D eigenvalue weighted by Gasteiger charge is 2.19. The van der Waals surface area contributed by atoms with Crippen LogP contribution in [0.2, 0.25) is 0 Å². The van der Waals surface area contributed by atoms with Gasteiger partial charge < -0.3 is 24.5 Å². The third kappa shape index (κ3) is 4.69. The molecule has 0 radical (unpaired) electrons. The quantitative estimate of drug-likeness (QED) is 0.304. The van der Waals surface area contributed by atoms with E-state index in [0.717, 1.165) is 16.6 Å². The van der Waals surface area contributed by atoms with E-state index in [-0.39, 0.29) is 0 Å². The number of benzene rings is 3. The number of ether oxygens (including phenoxy) is 3. The number of nitrogens with zero attached hydrogens (tertiary/aromatic N) is 5. The van der Waals surface area contributed by atoms with Crippen LogP contribution in [0.3, 0.4) is 0 Å². The normalized spacial score (nSPS) is 10.8. The van der Waals surface area contributed by atoms with Gasteiger partial charge in [0.25, 0.3) is 0 Å². The standard InChI is InChI=1S/C26H25N7O3/c1-34-21-13-18(14-22(35-2)23(21)36-3)29-24-27-16-28-25(32-24)33(15-17-9-5-4-6-10-17)26-30-19-11-7-8-12-20(19)31-26/h4-14,16H,15H2,1-3H3,(H,30,31)(H,27,28,29,32). The number of fused-ring (bicyclic) bond motifs is 1. The predicted octanol–water partition coefficient (Wildman–Crippen LogP) is 4.86. The minimum absolute atomic E-state index is 0.350. The minimum Gasteiger partial charge on any atom is -0.493 e. The van der Waals surface area contributed by atoms with Crippen molar-refractivity contribution in [3.8, 4) is 17.2 Å². The van der Waals surface area contributed by atoms with Gasteiger partial charge in [0, 0.05) is 17.8 Å². The summed E-state index contributed by atoms with van der Waals surface area (Å²) in [5.74, 6) is 2.94. The maximum Gasteiger partial charge on any atom is 0.237 e. The first-order valence-electron chi connectivity index (χ1n) is 11.2. The molecule has 5 rings (SSSR count). The van der Waals surface area contributed by atoms with E-state index < -0.39 is 0 Å². The second-order valence-corrected chi connectivity index (χ2v) is 7.80. The number of imidazole rings is 1. The minimum atomic E-state index is 0.350.